The number of amides is 3. The molecule has 1 saturated heterocycles. The van der Waals surface area contributed by atoms with Crippen LogP contribution in [0, 0.1) is 6.92 Å². The van der Waals surface area contributed by atoms with Crippen molar-refractivity contribution in [3.05, 3.63) is 99.5 Å². The molecule has 2 unspecified atom stereocenters. The summed E-state index contributed by atoms with van der Waals surface area (Å²) >= 11 is 12.2. The van der Waals surface area contributed by atoms with E-state index in [4.69, 9.17) is 27.9 Å². The third-order valence-corrected chi connectivity index (χ3v) is 7.11. The van der Waals surface area contributed by atoms with Crippen molar-refractivity contribution in [1.82, 2.24) is 15.1 Å². The van der Waals surface area contributed by atoms with Gasteiger partial charge in [-0.1, -0.05) is 71.2 Å². The number of benzene rings is 3. The van der Waals surface area contributed by atoms with E-state index in [0.717, 1.165) is 10.5 Å². The number of nitrogens with zero attached hydrogens (tertiary/aromatic N) is 2. The molecule has 1 aliphatic rings. The highest BCUT2D eigenvalue weighted by atomic mass is 35.5. The summed E-state index contributed by atoms with van der Waals surface area (Å²) in [6, 6.07) is 18.9. The number of rotatable bonds is 7. The van der Waals surface area contributed by atoms with E-state index in [9.17, 15) is 24.3 Å². The Hall–Kier alpha value is -4.08. The fourth-order valence-electron chi connectivity index (χ4n) is 4.51. The maximum Gasteiger partial charge on any atom is 0.417 e. The van der Waals surface area contributed by atoms with Crippen LogP contribution in [0.25, 0.3) is 0 Å². The monoisotopic (exact) mass is 583 g/mol. The summed E-state index contributed by atoms with van der Waals surface area (Å²) < 4.78 is 5.51. The summed E-state index contributed by atoms with van der Waals surface area (Å²) in [6.45, 7) is 2.13. The number of carboxylic acids is 1. The zero-order valence-corrected chi connectivity index (χ0v) is 23.1. The minimum absolute atomic E-state index is 0.128. The molecule has 4 rings (SSSR count). The predicted molar refractivity (Wildman–Crippen MR) is 149 cm³/mol. The molecule has 3 aromatic rings. The Morgan fingerprint density at radius 1 is 0.950 bits per heavy atom. The zero-order valence-electron chi connectivity index (χ0n) is 21.6. The first kappa shape index (κ1) is 28.9. The Morgan fingerprint density at radius 3 is 2.35 bits per heavy atom. The average Bonchev–Trinajstić information content (AvgIpc) is 2.93. The number of hydrogen-bond donors (Lipinski definition) is 2. The highest BCUT2D eigenvalue weighted by Gasteiger charge is 2.42. The molecule has 2 N–H and O–H groups in total. The number of carbonyl (C=O) groups is 4. The van der Waals surface area contributed by atoms with Gasteiger partial charge in [-0.05, 0) is 49.2 Å². The van der Waals surface area contributed by atoms with Gasteiger partial charge >= 0.3 is 12.1 Å². The molecule has 1 fully saturated rings. The van der Waals surface area contributed by atoms with E-state index in [2.05, 4.69) is 5.32 Å². The van der Waals surface area contributed by atoms with Gasteiger partial charge in [0.05, 0.1) is 22.5 Å². The predicted octanol–water partition coefficient (Wildman–Crippen LogP) is 5.31. The molecule has 1 heterocycles. The second-order valence-electron chi connectivity index (χ2n) is 9.30. The third-order valence-electron chi connectivity index (χ3n) is 6.37. The van der Waals surface area contributed by atoms with E-state index < -0.39 is 42.5 Å². The number of carbonyl (C=O) groups excluding carboxylic acids is 3. The van der Waals surface area contributed by atoms with Crippen LogP contribution in [0.2, 0.25) is 10.0 Å². The van der Waals surface area contributed by atoms with Crippen LogP contribution >= 0.6 is 23.2 Å². The van der Waals surface area contributed by atoms with Gasteiger partial charge in [-0.15, -0.1) is 0 Å². The van der Waals surface area contributed by atoms with Crippen molar-refractivity contribution in [2.24, 2.45) is 0 Å². The largest absolute Gasteiger partial charge is 0.481 e. The number of nitrogens with one attached hydrogen (secondary N) is 1. The Balaban J connectivity index is 1.69. The zero-order chi connectivity index (χ0) is 28.8. The van der Waals surface area contributed by atoms with Gasteiger partial charge in [0.2, 0.25) is 0 Å². The van der Waals surface area contributed by atoms with Gasteiger partial charge in [0.15, 0.2) is 6.17 Å². The summed E-state index contributed by atoms with van der Waals surface area (Å²) in [5, 5.41) is 12.7. The van der Waals surface area contributed by atoms with E-state index in [1.807, 2.05) is 13.0 Å². The SMILES string of the molecule is Cc1cccc(C(CC(=O)O)NC(=O)C2N(C(=O)Oc3ccccc3)CCCN2C(=O)c2ccc(Cl)c(Cl)c2)c1. The normalized spacial score (nSPS) is 15.7. The van der Waals surface area contributed by atoms with Crippen LogP contribution in [0.15, 0.2) is 72.8 Å². The van der Waals surface area contributed by atoms with Crippen molar-refractivity contribution in [2.75, 3.05) is 13.1 Å². The van der Waals surface area contributed by atoms with E-state index >= 15 is 0 Å². The molecule has 0 radical (unpaired) electrons. The highest BCUT2D eigenvalue weighted by molar-refractivity contribution is 6.42. The van der Waals surface area contributed by atoms with Gasteiger partial charge in [0.25, 0.3) is 11.8 Å². The van der Waals surface area contributed by atoms with Crippen LogP contribution in [0.4, 0.5) is 4.79 Å². The lowest BCUT2D eigenvalue weighted by Crippen LogP contribution is -2.64. The van der Waals surface area contributed by atoms with Gasteiger partial charge in [-0.2, -0.15) is 0 Å². The van der Waals surface area contributed by atoms with Crippen LogP contribution in [-0.4, -0.2) is 58.0 Å². The second kappa shape index (κ2) is 12.8. The van der Waals surface area contributed by atoms with Crippen molar-refractivity contribution in [3.63, 3.8) is 0 Å². The van der Waals surface area contributed by atoms with Crippen molar-refractivity contribution in [2.45, 2.75) is 32.0 Å². The smallest absolute Gasteiger partial charge is 0.417 e. The molecule has 3 amide bonds. The molecule has 208 valence electrons. The van der Waals surface area contributed by atoms with Crippen LogP contribution in [0.1, 0.15) is 40.4 Å². The summed E-state index contributed by atoms with van der Waals surface area (Å²) in [7, 11) is 0. The molecule has 40 heavy (non-hydrogen) atoms. The number of ether oxygens (including phenoxy) is 1. The van der Waals surface area contributed by atoms with Crippen molar-refractivity contribution in [3.8, 4) is 5.75 Å². The van der Waals surface area contributed by atoms with E-state index in [0.29, 0.717) is 12.0 Å². The first-order valence-electron chi connectivity index (χ1n) is 12.5. The number of aliphatic carboxylic acids is 1. The summed E-state index contributed by atoms with van der Waals surface area (Å²) in [4.78, 5) is 55.0. The summed E-state index contributed by atoms with van der Waals surface area (Å²) in [5.74, 6) is -2.14. The van der Waals surface area contributed by atoms with Crippen molar-refractivity contribution < 1.29 is 29.0 Å². The molecular formula is C29H27Cl2N3O6. The maximum atomic E-state index is 13.9. The summed E-state index contributed by atoms with van der Waals surface area (Å²) in [5.41, 5.74) is 1.63. The topological polar surface area (TPSA) is 116 Å². The average molecular weight is 584 g/mol. The molecule has 11 heteroatoms. The molecule has 9 nitrogen and oxygen atoms in total. The Morgan fingerprint density at radius 2 is 1.68 bits per heavy atom. The molecule has 0 spiro atoms. The van der Waals surface area contributed by atoms with E-state index in [-0.39, 0.29) is 34.4 Å². The lowest BCUT2D eigenvalue weighted by atomic mass is 10.0. The number of carboxylic acid groups (broad SMARTS) is 1. The van der Waals surface area contributed by atoms with Crippen LogP contribution in [-0.2, 0) is 9.59 Å². The quantitative estimate of drug-likeness (QED) is 0.389. The van der Waals surface area contributed by atoms with Gasteiger partial charge < -0.3 is 20.1 Å². The van der Waals surface area contributed by atoms with Crippen molar-refractivity contribution >= 4 is 47.1 Å². The first-order valence-corrected chi connectivity index (χ1v) is 13.3. The number of hydrogen-bond acceptors (Lipinski definition) is 5. The molecule has 3 aromatic carbocycles. The number of aryl methyl sites for hydroxylation is 1. The van der Waals surface area contributed by atoms with Crippen LogP contribution in [0.5, 0.6) is 5.75 Å². The lowest BCUT2D eigenvalue weighted by molar-refractivity contribution is -0.138. The number of halogens is 2. The minimum atomic E-state index is -1.42. The van der Waals surface area contributed by atoms with Crippen LogP contribution < -0.4 is 10.1 Å². The van der Waals surface area contributed by atoms with Gasteiger partial charge in [0.1, 0.15) is 5.75 Å². The molecular weight excluding hydrogens is 557 g/mol. The standard InChI is InChI=1S/C29H27Cl2N3O6/c1-18-7-5-8-19(15-18)24(17-25(35)36)32-26(37)27-33(28(38)20-11-12-22(30)23(31)16-20)13-6-14-34(27)29(39)40-21-9-3-2-4-10-21/h2-5,7-12,15-16,24,27H,6,13-14,17H2,1H3,(H,32,37)(H,35,36). The molecule has 0 saturated carbocycles. The Kier molecular flexibility index (Phi) is 9.29. The molecule has 0 aromatic heterocycles. The first-order chi connectivity index (χ1) is 19.1. The molecule has 2 atom stereocenters. The molecule has 0 aliphatic carbocycles. The lowest BCUT2D eigenvalue weighted by Gasteiger charge is -2.42. The van der Waals surface area contributed by atoms with E-state index in [1.54, 1.807) is 48.5 Å². The van der Waals surface area contributed by atoms with Crippen LogP contribution in [0.3, 0.4) is 0 Å². The Bertz CT molecular complexity index is 1420. The second-order valence-corrected chi connectivity index (χ2v) is 10.1. The fraction of sp³-hybridized carbons (Fsp3) is 0.241. The number of para-hydroxylation sites is 1. The van der Waals surface area contributed by atoms with Gasteiger partial charge in [-0.3, -0.25) is 19.3 Å². The maximum absolute atomic E-state index is 13.9. The summed E-state index contributed by atoms with van der Waals surface area (Å²) in [6.07, 6.45) is -2.29. The van der Waals surface area contributed by atoms with Gasteiger partial charge in [-0.25, -0.2) is 4.79 Å². The molecule has 1 aliphatic heterocycles. The molecule has 0 bridgehead atoms. The van der Waals surface area contributed by atoms with Gasteiger partial charge in [0, 0.05) is 18.7 Å². The van der Waals surface area contributed by atoms with Crippen molar-refractivity contribution in [1.29, 1.82) is 0 Å². The third kappa shape index (κ3) is 6.91. The fourth-order valence-corrected chi connectivity index (χ4v) is 4.81. The van der Waals surface area contributed by atoms with E-state index in [1.165, 1.54) is 23.1 Å². The Labute approximate surface area is 241 Å². The highest BCUT2D eigenvalue weighted by Crippen LogP contribution is 2.27. The minimum Gasteiger partial charge on any atom is -0.481 e.